The van der Waals surface area contributed by atoms with Gasteiger partial charge in [-0.2, -0.15) is 0 Å². The molecule has 0 aliphatic carbocycles. The van der Waals surface area contributed by atoms with Gasteiger partial charge in [0, 0.05) is 7.11 Å². The highest BCUT2D eigenvalue weighted by Gasteiger charge is 2.50. The molecule has 1 saturated heterocycles. The molecule has 0 spiro atoms. The molecule has 0 amide bonds. The molecule has 5 atom stereocenters. The van der Waals surface area contributed by atoms with Gasteiger partial charge in [-0.3, -0.25) is 0 Å². The normalized spacial score (nSPS) is 22.2. The van der Waals surface area contributed by atoms with Crippen molar-refractivity contribution in [3.63, 3.8) is 0 Å². The summed E-state index contributed by atoms with van der Waals surface area (Å²) in [5.74, 6) is 0. The van der Waals surface area contributed by atoms with Crippen molar-refractivity contribution in [2.45, 2.75) is 70.3 Å². The van der Waals surface area contributed by atoms with Gasteiger partial charge >= 0.3 is 0 Å². The molecule has 0 aromatic heterocycles. The minimum absolute atomic E-state index is 0.315. The second-order valence-corrected chi connectivity index (χ2v) is 14.4. The van der Waals surface area contributed by atoms with Crippen molar-refractivity contribution >= 4 is 19.4 Å². The summed E-state index contributed by atoms with van der Waals surface area (Å²) in [4.78, 5) is 0. The van der Waals surface area contributed by atoms with E-state index in [9.17, 15) is 0 Å². The molecule has 6 nitrogen and oxygen atoms in total. The van der Waals surface area contributed by atoms with Gasteiger partial charge < -0.3 is 28.1 Å². The highest BCUT2D eigenvalue weighted by Crippen LogP contribution is 2.31. The molecule has 5 rings (SSSR count). The van der Waals surface area contributed by atoms with Crippen LogP contribution in [0.2, 0.25) is 0 Å². The standard InChI is InChI=1S/C37H44O6Si/c1-37(2,3)41-27-32-33(43-44(30-21-13-7-14-22-30)31-23-15-8-16-24-31)34(39-25-28-17-9-5-10-18-28)35(36(38-4)42-32)40-26-29-19-11-6-12-20-29/h5-24,32-36,44H,25-27H2,1-4H3/t32-,33-,34+,35-,36-/m1/s1. The minimum atomic E-state index is -2.21. The van der Waals surface area contributed by atoms with E-state index in [1.807, 2.05) is 81.4 Å². The highest BCUT2D eigenvalue weighted by atomic mass is 28.3. The molecule has 1 aliphatic heterocycles. The molecular formula is C37H44O6Si. The lowest BCUT2D eigenvalue weighted by Gasteiger charge is -2.47. The van der Waals surface area contributed by atoms with Crippen LogP contribution < -0.4 is 10.4 Å². The summed E-state index contributed by atoms with van der Waals surface area (Å²) in [5.41, 5.74) is 1.75. The van der Waals surface area contributed by atoms with Crippen LogP contribution in [-0.2, 0) is 41.3 Å². The van der Waals surface area contributed by atoms with E-state index in [-0.39, 0.29) is 5.60 Å². The zero-order valence-electron chi connectivity index (χ0n) is 26.1. The summed E-state index contributed by atoms with van der Waals surface area (Å²) in [7, 11) is -0.569. The van der Waals surface area contributed by atoms with Gasteiger partial charge in [-0.25, -0.2) is 0 Å². The first kappa shape index (κ1) is 32.3. The van der Waals surface area contributed by atoms with E-state index in [0.29, 0.717) is 19.8 Å². The molecule has 1 aliphatic rings. The number of hydrogen-bond donors (Lipinski definition) is 0. The second-order valence-electron chi connectivity index (χ2n) is 12.0. The summed E-state index contributed by atoms with van der Waals surface area (Å²) in [6.45, 7) is 7.21. The first-order valence-electron chi connectivity index (χ1n) is 15.3. The predicted molar refractivity (Wildman–Crippen MR) is 176 cm³/mol. The molecule has 0 N–H and O–H groups in total. The van der Waals surface area contributed by atoms with Crippen LogP contribution in [0.1, 0.15) is 31.9 Å². The lowest BCUT2D eigenvalue weighted by atomic mass is 9.98. The molecule has 0 unspecified atom stereocenters. The molecular weight excluding hydrogens is 568 g/mol. The van der Waals surface area contributed by atoms with Gasteiger partial charge in [-0.1, -0.05) is 121 Å². The molecule has 4 aromatic carbocycles. The zero-order chi connectivity index (χ0) is 30.8. The van der Waals surface area contributed by atoms with Crippen LogP contribution in [0.3, 0.4) is 0 Å². The van der Waals surface area contributed by atoms with E-state index in [1.165, 1.54) is 10.4 Å². The molecule has 0 saturated carbocycles. The number of hydrogen-bond acceptors (Lipinski definition) is 6. The molecule has 4 aromatic rings. The smallest absolute Gasteiger partial charge is 0.240 e. The van der Waals surface area contributed by atoms with Crippen LogP contribution in [0.5, 0.6) is 0 Å². The van der Waals surface area contributed by atoms with E-state index in [2.05, 4.69) is 60.7 Å². The molecule has 7 heteroatoms. The summed E-state index contributed by atoms with van der Waals surface area (Å²) in [6, 6.07) is 41.2. The van der Waals surface area contributed by atoms with Gasteiger partial charge in [0.2, 0.25) is 9.04 Å². The van der Waals surface area contributed by atoms with E-state index in [0.717, 1.165) is 11.1 Å². The van der Waals surface area contributed by atoms with Gasteiger partial charge in [0.1, 0.15) is 24.4 Å². The van der Waals surface area contributed by atoms with Crippen LogP contribution in [-0.4, -0.2) is 59.1 Å². The lowest BCUT2D eigenvalue weighted by molar-refractivity contribution is -0.314. The van der Waals surface area contributed by atoms with E-state index < -0.39 is 39.7 Å². The molecule has 1 fully saturated rings. The van der Waals surface area contributed by atoms with Gasteiger partial charge in [0.05, 0.1) is 25.4 Å². The molecule has 1 heterocycles. The highest BCUT2D eigenvalue weighted by molar-refractivity contribution is 6.80. The van der Waals surface area contributed by atoms with Crippen molar-refractivity contribution in [3.05, 3.63) is 132 Å². The number of rotatable bonds is 13. The van der Waals surface area contributed by atoms with Crippen molar-refractivity contribution in [1.29, 1.82) is 0 Å². The monoisotopic (exact) mass is 612 g/mol. The van der Waals surface area contributed by atoms with E-state index in [4.69, 9.17) is 28.1 Å². The Morgan fingerprint density at radius 1 is 0.614 bits per heavy atom. The van der Waals surface area contributed by atoms with Gasteiger partial charge in [-0.05, 0) is 42.3 Å². The molecule has 0 radical (unpaired) electrons. The van der Waals surface area contributed by atoms with Gasteiger partial charge in [-0.15, -0.1) is 0 Å². The fourth-order valence-electron chi connectivity index (χ4n) is 5.36. The van der Waals surface area contributed by atoms with E-state index >= 15 is 0 Å². The minimum Gasteiger partial charge on any atom is -0.402 e. The van der Waals surface area contributed by atoms with Crippen LogP contribution in [0.25, 0.3) is 0 Å². The molecule has 232 valence electrons. The molecule has 44 heavy (non-hydrogen) atoms. The maximum absolute atomic E-state index is 7.29. The van der Waals surface area contributed by atoms with Crippen molar-refractivity contribution < 1.29 is 28.1 Å². The quantitative estimate of drug-likeness (QED) is 0.192. The van der Waals surface area contributed by atoms with E-state index in [1.54, 1.807) is 7.11 Å². The second kappa shape index (κ2) is 15.7. The van der Waals surface area contributed by atoms with Crippen LogP contribution in [0.15, 0.2) is 121 Å². The third-order valence-corrected chi connectivity index (χ3v) is 10.1. The summed E-state index contributed by atoms with van der Waals surface area (Å²) in [5, 5.41) is 2.35. The Bertz CT molecular complexity index is 1330. The van der Waals surface area contributed by atoms with Crippen molar-refractivity contribution in [3.8, 4) is 0 Å². The third-order valence-electron chi connectivity index (χ3n) is 7.57. The SMILES string of the molecule is CO[C@@H]1O[C@H](COC(C)(C)C)[C@@H](O[SiH](c2ccccc2)c2ccccc2)[C@H](OCc2ccccc2)[C@H]1OCc1ccccc1. The van der Waals surface area contributed by atoms with Crippen LogP contribution >= 0.6 is 0 Å². The van der Waals surface area contributed by atoms with Crippen molar-refractivity contribution in [1.82, 2.24) is 0 Å². The average Bonchev–Trinajstić information content (AvgIpc) is 3.06. The first-order chi connectivity index (χ1) is 21.4. The Morgan fingerprint density at radius 3 is 1.52 bits per heavy atom. The number of methoxy groups -OCH3 is 1. The largest absolute Gasteiger partial charge is 0.402 e. The topological polar surface area (TPSA) is 55.4 Å². The fourth-order valence-corrected chi connectivity index (χ4v) is 7.85. The maximum Gasteiger partial charge on any atom is 0.240 e. The first-order valence-corrected chi connectivity index (χ1v) is 16.9. The van der Waals surface area contributed by atoms with Gasteiger partial charge in [0.15, 0.2) is 6.29 Å². The Labute approximate surface area is 263 Å². The third kappa shape index (κ3) is 8.96. The summed E-state index contributed by atoms with van der Waals surface area (Å²) >= 11 is 0. The Kier molecular flexibility index (Phi) is 11.5. The Hall–Kier alpha value is -3.14. The Morgan fingerprint density at radius 2 is 1.07 bits per heavy atom. The van der Waals surface area contributed by atoms with Crippen LogP contribution in [0.4, 0.5) is 0 Å². The fraction of sp³-hybridized carbons (Fsp3) is 0.351. The molecule has 0 bridgehead atoms. The summed E-state index contributed by atoms with van der Waals surface area (Å²) in [6.07, 6.45) is -2.69. The van der Waals surface area contributed by atoms with Crippen molar-refractivity contribution in [2.75, 3.05) is 13.7 Å². The van der Waals surface area contributed by atoms with Crippen LogP contribution in [0, 0.1) is 0 Å². The summed E-state index contributed by atoms with van der Waals surface area (Å²) < 4.78 is 39.6. The maximum atomic E-state index is 7.29. The Balaban J connectivity index is 1.53. The average molecular weight is 613 g/mol. The zero-order valence-corrected chi connectivity index (χ0v) is 27.2. The van der Waals surface area contributed by atoms with Crippen molar-refractivity contribution in [2.24, 2.45) is 0 Å². The lowest BCUT2D eigenvalue weighted by Crippen LogP contribution is -2.64. The number of benzene rings is 4. The van der Waals surface area contributed by atoms with Gasteiger partial charge in [0.25, 0.3) is 0 Å². The predicted octanol–water partition coefficient (Wildman–Crippen LogP) is 5.27. The number of ether oxygens (including phenoxy) is 5.